The van der Waals surface area contributed by atoms with Crippen LogP contribution in [0.15, 0.2) is 53.1 Å². The van der Waals surface area contributed by atoms with Crippen molar-refractivity contribution in [2.45, 2.75) is 33.1 Å². The van der Waals surface area contributed by atoms with E-state index in [0.29, 0.717) is 36.1 Å². The molecule has 0 saturated heterocycles. The molecule has 0 atom stereocenters. The summed E-state index contributed by atoms with van der Waals surface area (Å²) in [5.74, 6) is 1.88. The molecular weight excluding hydrogens is 356 g/mol. The Morgan fingerprint density at radius 1 is 1.11 bits per heavy atom. The molecule has 7 heteroatoms. The van der Waals surface area contributed by atoms with Crippen LogP contribution < -0.4 is 15.4 Å². The van der Waals surface area contributed by atoms with Crippen LogP contribution >= 0.6 is 0 Å². The third-order valence-electron chi connectivity index (χ3n) is 4.06. The number of rotatable bonds is 8. The minimum absolute atomic E-state index is 0.325. The van der Waals surface area contributed by atoms with Crippen molar-refractivity contribution in [3.8, 4) is 5.75 Å². The topological polar surface area (TPSA) is 89.3 Å². The molecule has 28 heavy (non-hydrogen) atoms. The average molecular weight is 380 g/mol. The molecule has 1 aromatic heterocycles. The highest BCUT2D eigenvalue weighted by Gasteiger charge is 2.11. The molecule has 146 valence electrons. The molecule has 0 spiro atoms. The van der Waals surface area contributed by atoms with Crippen LogP contribution in [0.4, 0.5) is 16.2 Å². The molecule has 0 bridgehead atoms. The second kappa shape index (κ2) is 9.55. The van der Waals surface area contributed by atoms with Crippen molar-refractivity contribution in [3.05, 3.63) is 65.8 Å². The van der Waals surface area contributed by atoms with Gasteiger partial charge in [0.2, 0.25) is 5.89 Å². The number of unbranched alkanes of at least 4 members (excludes halogenated alkanes) is 1. The first-order valence-corrected chi connectivity index (χ1v) is 9.32. The number of anilines is 2. The van der Waals surface area contributed by atoms with E-state index in [9.17, 15) is 4.79 Å². The molecule has 0 aliphatic heterocycles. The number of carbonyl (C=O) groups excluding carboxylic acids is 1. The third kappa shape index (κ3) is 5.57. The Bertz CT molecular complexity index is 906. The number of nitrogens with zero attached hydrogens (tertiary/aromatic N) is 2. The Morgan fingerprint density at radius 3 is 2.61 bits per heavy atom. The molecule has 0 fully saturated rings. The maximum absolute atomic E-state index is 12.4. The summed E-state index contributed by atoms with van der Waals surface area (Å²) in [4.78, 5) is 16.6. The lowest BCUT2D eigenvalue weighted by Gasteiger charge is -2.11. The normalized spacial score (nSPS) is 10.5. The number of para-hydroxylation sites is 1. The molecule has 0 unspecified atom stereocenters. The van der Waals surface area contributed by atoms with Gasteiger partial charge in [-0.15, -0.1) is 0 Å². The van der Waals surface area contributed by atoms with E-state index in [-0.39, 0.29) is 6.03 Å². The fourth-order valence-electron chi connectivity index (χ4n) is 2.62. The van der Waals surface area contributed by atoms with Gasteiger partial charge < -0.3 is 19.9 Å². The van der Waals surface area contributed by atoms with Crippen LogP contribution in [-0.2, 0) is 6.42 Å². The number of hydrogen-bond acceptors (Lipinski definition) is 5. The lowest BCUT2D eigenvalue weighted by Crippen LogP contribution is -2.20. The van der Waals surface area contributed by atoms with Crippen LogP contribution in [0.2, 0.25) is 0 Å². The standard InChI is InChI=1S/C21H24N4O3/c1-3-4-13-27-18-11-9-17(10-12-18)23-21(26)24-19-8-6-5-7-16(19)14-20-22-15(2)25-28-20/h5-12H,3-4,13-14H2,1-2H3,(H2,23,24,26). The number of amides is 2. The van der Waals surface area contributed by atoms with Crippen molar-refractivity contribution >= 4 is 17.4 Å². The highest BCUT2D eigenvalue weighted by Crippen LogP contribution is 2.20. The summed E-state index contributed by atoms with van der Waals surface area (Å²) < 4.78 is 10.8. The van der Waals surface area contributed by atoms with Crippen molar-refractivity contribution in [2.75, 3.05) is 17.2 Å². The van der Waals surface area contributed by atoms with Crippen LogP contribution in [0.3, 0.4) is 0 Å². The predicted octanol–water partition coefficient (Wildman–Crippen LogP) is 4.79. The van der Waals surface area contributed by atoms with Crippen LogP contribution in [0.25, 0.3) is 0 Å². The van der Waals surface area contributed by atoms with Gasteiger partial charge in [0.25, 0.3) is 0 Å². The van der Waals surface area contributed by atoms with E-state index in [1.807, 2.05) is 48.5 Å². The minimum atomic E-state index is -0.325. The lowest BCUT2D eigenvalue weighted by molar-refractivity contribution is 0.262. The van der Waals surface area contributed by atoms with E-state index in [0.717, 1.165) is 24.2 Å². The van der Waals surface area contributed by atoms with Gasteiger partial charge in [-0.25, -0.2) is 4.79 Å². The number of aromatic nitrogens is 2. The Labute approximate surface area is 164 Å². The van der Waals surface area contributed by atoms with Gasteiger partial charge in [0, 0.05) is 11.4 Å². The molecule has 7 nitrogen and oxygen atoms in total. The molecule has 0 aliphatic carbocycles. The third-order valence-corrected chi connectivity index (χ3v) is 4.06. The number of aryl methyl sites for hydroxylation is 1. The Kier molecular flexibility index (Phi) is 6.62. The molecule has 2 amide bonds. The number of urea groups is 1. The molecule has 2 aromatic carbocycles. The smallest absolute Gasteiger partial charge is 0.323 e. The van der Waals surface area contributed by atoms with Gasteiger partial charge in [-0.2, -0.15) is 4.98 Å². The van der Waals surface area contributed by atoms with Crippen molar-refractivity contribution in [3.63, 3.8) is 0 Å². The molecule has 0 aliphatic rings. The maximum atomic E-state index is 12.4. The van der Waals surface area contributed by atoms with E-state index in [4.69, 9.17) is 9.26 Å². The predicted molar refractivity (Wildman–Crippen MR) is 108 cm³/mol. The summed E-state index contributed by atoms with van der Waals surface area (Å²) in [7, 11) is 0. The number of nitrogens with one attached hydrogen (secondary N) is 2. The summed E-state index contributed by atoms with van der Waals surface area (Å²) in [6, 6.07) is 14.5. The zero-order valence-electron chi connectivity index (χ0n) is 16.1. The van der Waals surface area contributed by atoms with Crippen molar-refractivity contribution < 1.29 is 14.1 Å². The number of carbonyl (C=O) groups is 1. The first-order chi connectivity index (χ1) is 13.6. The summed E-state index contributed by atoms with van der Waals surface area (Å²) in [6.07, 6.45) is 2.56. The summed E-state index contributed by atoms with van der Waals surface area (Å²) in [5.41, 5.74) is 2.27. The van der Waals surface area contributed by atoms with E-state index in [1.54, 1.807) is 6.92 Å². The van der Waals surface area contributed by atoms with E-state index >= 15 is 0 Å². The summed E-state index contributed by atoms with van der Waals surface area (Å²) in [5, 5.41) is 9.49. The Hall–Kier alpha value is -3.35. The Morgan fingerprint density at radius 2 is 1.89 bits per heavy atom. The quantitative estimate of drug-likeness (QED) is 0.548. The van der Waals surface area contributed by atoms with Gasteiger partial charge in [0.15, 0.2) is 5.82 Å². The number of benzene rings is 2. The van der Waals surface area contributed by atoms with Gasteiger partial charge in [-0.05, 0) is 49.2 Å². The summed E-state index contributed by atoms with van der Waals surface area (Å²) in [6.45, 7) is 4.58. The molecular formula is C21H24N4O3. The lowest BCUT2D eigenvalue weighted by atomic mass is 10.1. The van der Waals surface area contributed by atoms with Gasteiger partial charge in [-0.1, -0.05) is 36.7 Å². The zero-order valence-corrected chi connectivity index (χ0v) is 16.1. The van der Waals surface area contributed by atoms with E-state index in [1.165, 1.54) is 0 Å². The highest BCUT2D eigenvalue weighted by atomic mass is 16.5. The first-order valence-electron chi connectivity index (χ1n) is 9.32. The van der Waals surface area contributed by atoms with Crippen molar-refractivity contribution in [1.82, 2.24) is 10.1 Å². The summed E-state index contributed by atoms with van der Waals surface area (Å²) >= 11 is 0. The molecule has 0 radical (unpaired) electrons. The van der Waals surface area contributed by atoms with Gasteiger partial charge in [-0.3, -0.25) is 0 Å². The number of hydrogen-bond donors (Lipinski definition) is 2. The average Bonchev–Trinajstić information content (AvgIpc) is 3.10. The highest BCUT2D eigenvalue weighted by molar-refractivity contribution is 6.00. The van der Waals surface area contributed by atoms with E-state index < -0.39 is 0 Å². The van der Waals surface area contributed by atoms with Crippen LogP contribution in [0.5, 0.6) is 5.75 Å². The first kappa shape index (κ1) is 19.4. The monoisotopic (exact) mass is 380 g/mol. The molecule has 0 saturated carbocycles. The number of ether oxygens (including phenoxy) is 1. The van der Waals surface area contributed by atoms with Crippen LogP contribution in [0, 0.1) is 6.92 Å². The van der Waals surface area contributed by atoms with Crippen LogP contribution in [-0.4, -0.2) is 22.8 Å². The van der Waals surface area contributed by atoms with Gasteiger partial charge in [0.1, 0.15) is 5.75 Å². The van der Waals surface area contributed by atoms with Crippen LogP contribution in [0.1, 0.15) is 37.0 Å². The largest absolute Gasteiger partial charge is 0.494 e. The maximum Gasteiger partial charge on any atom is 0.323 e. The van der Waals surface area contributed by atoms with Gasteiger partial charge >= 0.3 is 6.03 Å². The molecule has 3 rings (SSSR count). The molecule has 2 N–H and O–H groups in total. The SMILES string of the molecule is CCCCOc1ccc(NC(=O)Nc2ccccc2Cc2nc(C)no2)cc1. The minimum Gasteiger partial charge on any atom is -0.494 e. The van der Waals surface area contributed by atoms with Crippen molar-refractivity contribution in [1.29, 1.82) is 0 Å². The fraction of sp³-hybridized carbons (Fsp3) is 0.286. The fourth-order valence-corrected chi connectivity index (χ4v) is 2.62. The Balaban J connectivity index is 1.59. The van der Waals surface area contributed by atoms with E-state index in [2.05, 4.69) is 27.7 Å². The second-order valence-corrected chi connectivity index (χ2v) is 6.37. The molecule has 1 heterocycles. The second-order valence-electron chi connectivity index (χ2n) is 6.37. The van der Waals surface area contributed by atoms with Gasteiger partial charge in [0.05, 0.1) is 13.0 Å². The zero-order chi connectivity index (χ0) is 19.8. The van der Waals surface area contributed by atoms with Crippen molar-refractivity contribution in [2.24, 2.45) is 0 Å². The molecule has 3 aromatic rings.